The van der Waals surface area contributed by atoms with Crippen LogP contribution in [0.5, 0.6) is 0 Å². The number of amides is 1. The van der Waals surface area contributed by atoms with Gasteiger partial charge in [0.1, 0.15) is 0 Å². The first kappa shape index (κ1) is 13.3. The van der Waals surface area contributed by atoms with Crippen molar-refractivity contribution < 1.29 is 9.53 Å². The summed E-state index contributed by atoms with van der Waals surface area (Å²) in [4.78, 5) is 12.9. The van der Waals surface area contributed by atoms with Crippen LogP contribution in [0.4, 0.5) is 0 Å². The van der Waals surface area contributed by atoms with Crippen molar-refractivity contribution in [3.05, 3.63) is 0 Å². The van der Waals surface area contributed by atoms with Crippen LogP contribution in [0.15, 0.2) is 0 Å². The smallest absolute Gasteiger partial charge is 0.233 e. The number of rotatable bonds is 4. The third-order valence-electron chi connectivity index (χ3n) is 4.84. The molecule has 1 heterocycles. The Balaban J connectivity index is 1.65. The van der Waals surface area contributed by atoms with Gasteiger partial charge in [-0.05, 0) is 43.9 Å². The Bertz CT molecular complexity index is 402. The van der Waals surface area contributed by atoms with E-state index in [1.54, 1.807) is 0 Å². The van der Waals surface area contributed by atoms with Crippen molar-refractivity contribution in [1.82, 2.24) is 5.32 Å². The fourth-order valence-corrected chi connectivity index (χ4v) is 3.85. The number of ether oxygens (including phenoxy) is 1. The molecule has 5 heteroatoms. The summed E-state index contributed by atoms with van der Waals surface area (Å²) in [5.74, 6) is 1.21. The van der Waals surface area contributed by atoms with Gasteiger partial charge in [0.2, 0.25) is 5.91 Å². The van der Waals surface area contributed by atoms with Crippen LogP contribution in [0, 0.1) is 17.3 Å². The SMILES string of the molecule is CC1CC(C(=O)NC2CCOC2C2CC2)(C(N)=S)C1. The summed E-state index contributed by atoms with van der Waals surface area (Å²) >= 11 is 5.13. The minimum Gasteiger partial charge on any atom is -0.392 e. The van der Waals surface area contributed by atoms with Crippen LogP contribution in [0.1, 0.15) is 39.0 Å². The fraction of sp³-hybridized carbons (Fsp3) is 0.857. The van der Waals surface area contributed by atoms with Crippen molar-refractivity contribution in [2.45, 2.75) is 51.2 Å². The molecule has 3 N–H and O–H groups in total. The van der Waals surface area contributed by atoms with E-state index < -0.39 is 5.41 Å². The lowest BCUT2D eigenvalue weighted by Crippen LogP contribution is -2.58. The van der Waals surface area contributed by atoms with Gasteiger partial charge in [0.15, 0.2) is 0 Å². The van der Waals surface area contributed by atoms with E-state index in [9.17, 15) is 4.79 Å². The van der Waals surface area contributed by atoms with E-state index in [1.807, 2.05) is 0 Å². The van der Waals surface area contributed by atoms with Crippen molar-refractivity contribution in [2.75, 3.05) is 6.61 Å². The Labute approximate surface area is 119 Å². The molecule has 2 aliphatic carbocycles. The number of carbonyl (C=O) groups excluding carboxylic acids is 1. The number of hydrogen-bond donors (Lipinski definition) is 2. The zero-order chi connectivity index (χ0) is 13.6. The van der Waals surface area contributed by atoms with E-state index in [4.69, 9.17) is 22.7 Å². The molecule has 2 unspecified atom stereocenters. The van der Waals surface area contributed by atoms with Gasteiger partial charge in [-0.3, -0.25) is 4.79 Å². The molecular weight excluding hydrogens is 260 g/mol. The Morgan fingerprint density at radius 3 is 2.58 bits per heavy atom. The molecule has 106 valence electrons. The summed E-state index contributed by atoms with van der Waals surface area (Å²) < 4.78 is 5.76. The van der Waals surface area contributed by atoms with Crippen molar-refractivity contribution in [3.63, 3.8) is 0 Å². The van der Waals surface area contributed by atoms with E-state index in [2.05, 4.69) is 12.2 Å². The van der Waals surface area contributed by atoms with Gasteiger partial charge < -0.3 is 15.8 Å². The summed E-state index contributed by atoms with van der Waals surface area (Å²) in [5.41, 5.74) is 5.22. The maximum Gasteiger partial charge on any atom is 0.233 e. The molecule has 0 aromatic carbocycles. The molecule has 3 aliphatic rings. The highest BCUT2D eigenvalue weighted by Gasteiger charge is 2.52. The van der Waals surface area contributed by atoms with Crippen LogP contribution in [0.25, 0.3) is 0 Å². The first-order chi connectivity index (χ1) is 9.03. The van der Waals surface area contributed by atoms with Crippen molar-refractivity contribution in [1.29, 1.82) is 0 Å². The molecule has 1 amide bonds. The normalized spacial score (nSPS) is 41.6. The molecule has 0 radical (unpaired) electrons. The quantitative estimate of drug-likeness (QED) is 0.765. The second-order valence-corrected chi connectivity index (χ2v) is 6.94. The van der Waals surface area contributed by atoms with Crippen LogP contribution in [-0.4, -0.2) is 29.6 Å². The lowest BCUT2D eigenvalue weighted by molar-refractivity contribution is -0.134. The number of hydrogen-bond acceptors (Lipinski definition) is 3. The Morgan fingerprint density at radius 1 is 1.37 bits per heavy atom. The second kappa shape index (κ2) is 4.70. The molecule has 2 atom stereocenters. The highest BCUT2D eigenvalue weighted by molar-refractivity contribution is 7.80. The van der Waals surface area contributed by atoms with Gasteiger partial charge in [0.25, 0.3) is 0 Å². The molecule has 3 fully saturated rings. The molecule has 4 nitrogen and oxygen atoms in total. The van der Waals surface area contributed by atoms with E-state index in [-0.39, 0.29) is 18.1 Å². The Hall–Kier alpha value is -0.680. The minimum absolute atomic E-state index is 0.0271. The Morgan fingerprint density at radius 2 is 2.05 bits per heavy atom. The largest absolute Gasteiger partial charge is 0.392 e. The van der Waals surface area contributed by atoms with Gasteiger partial charge in [0, 0.05) is 6.61 Å². The molecule has 1 saturated heterocycles. The van der Waals surface area contributed by atoms with Crippen molar-refractivity contribution >= 4 is 23.1 Å². The summed E-state index contributed by atoms with van der Waals surface area (Å²) in [6.45, 7) is 2.89. The van der Waals surface area contributed by atoms with Crippen LogP contribution < -0.4 is 11.1 Å². The minimum atomic E-state index is -0.592. The number of nitrogens with one attached hydrogen (secondary N) is 1. The third-order valence-corrected chi connectivity index (χ3v) is 5.23. The molecule has 0 aromatic rings. The van der Waals surface area contributed by atoms with Crippen molar-refractivity contribution in [3.8, 4) is 0 Å². The molecule has 2 saturated carbocycles. The lowest BCUT2D eigenvalue weighted by atomic mass is 9.62. The summed E-state index contributed by atoms with van der Waals surface area (Å²) in [5, 5.41) is 3.16. The Kier molecular flexibility index (Phi) is 3.29. The first-order valence-electron chi connectivity index (χ1n) is 7.25. The van der Waals surface area contributed by atoms with Gasteiger partial charge in [0.05, 0.1) is 22.5 Å². The molecule has 19 heavy (non-hydrogen) atoms. The van der Waals surface area contributed by atoms with Crippen molar-refractivity contribution in [2.24, 2.45) is 23.0 Å². The molecule has 0 aromatic heterocycles. The topological polar surface area (TPSA) is 64.3 Å². The standard InChI is InChI=1S/C14H22N2O2S/c1-8-6-14(7-8,12(15)19)13(17)16-10-4-5-18-11(10)9-2-3-9/h8-11H,2-7H2,1H3,(H2,15,19)(H,16,17). The van der Waals surface area contributed by atoms with Gasteiger partial charge in [-0.25, -0.2) is 0 Å². The van der Waals surface area contributed by atoms with Gasteiger partial charge in [-0.15, -0.1) is 0 Å². The van der Waals surface area contributed by atoms with Gasteiger partial charge >= 0.3 is 0 Å². The van der Waals surface area contributed by atoms with E-state index >= 15 is 0 Å². The average Bonchev–Trinajstić information content (AvgIpc) is 3.05. The number of carbonyl (C=O) groups is 1. The molecule has 0 spiro atoms. The maximum absolute atomic E-state index is 12.5. The summed E-state index contributed by atoms with van der Waals surface area (Å²) in [6.07, 6.45) is 5.16. The predicted molar refractivity (Wildman–Crippen MR) is 76.6 cm³/mol. The molecular formula is C14H22N2O2S. The van der Waals surface area contributed by atoms with Crippen LogP contribution in [-0.2, 0) is 9.53 Å². The first-order valence-corrected chi connectivity index (χ1v) is 7.66. The van der Waals surface area contributed by atoms with E-state index in [0.29, 0.717) is 16.8 Å². The molecule has 1 aliphatic heterocycles. The zero-order valence-electron chi connectivity index (χ0n) is 11.4. The van der Waals surface area contributed by atoms with Crippen LogP contribution in [0.2, 0.25) is 0 Å². The van der Waals surface area contributed by atoms with E-state index in [1.165, 1.54) is 12.8 Å². The average molecular weight is 282 g/mol. The molecule has 3 rings (SSSR count). The summed E-state index contributed by atoms with van der Waals surface area (Å²) in [7, 11) is 0. The lowest BCUT2D eigenvalue weighted by Gasteiger charge is -2.44. The number of thiocarbonyl (C=S) groups is 1. The number of nitrogens with two attached hydrogens (primary N) is 1. The predicted octanol–water partition coefficient (Wildman–Crippen LogP) is 1.37. The van der Waals surface area contributed by atoms with Gasteiger partial charge in [-0.1, -0.05) is 19.1 Å². The maximum atomic E-state index is 12.5. The van der Waals surface area contributed by atoms with E-state index in [0.717, 1.165) is 25.9 Å². The zero-order valence-corrected chi connectivity index (χ0v) is 12.2. The fourth-order valence-electron chi connectivity index (χ4n) is 3.59. The highest BCUT2D eigenvalue weighted by atomic mass is 32.1. The molecule has 0 bridgehead atoms. The highest BCUT2D eigenvalue weighted by Crippen LogP contribution is 2.46. The monoisotopic (exact) mass is 282 g/mol. The second-order valence-electron chi connectivity index (χ2n) is 6.50. The third kappa shape index (κ3) is 2.27. The van der Waals surface area contributed by atoms with Crippen LogP contribution >= 0.6 is 12.2 Å². The summed E-state index contributed by atoms with van der Waals surface area (Å²) in [6, 6.07) is 0.155. The van der Waals surface area contributed by atoms with Crippen LogP contribution in [0.3, 0.4) is 0 Å². The van der Waals surface area contributed by atoms with Gasteiger partial charge in [-0.2, -0.15) is 0 Å².